The molecule has 136 valence electrons. The zero-order valence-corrected chi connectivity index (χ0v) is 24.9. The molecule has 0 saturated carbocycles. The van der Waals surface area contributed by atoms with Gasteiger partial charge in [-0.05, 0) is 74.8 Å². The van der Waals surface area contributed by atoms with Crippen LogP contribution in [0.15, 0.2) is 60.7 Å². The standard InChI is InChI=1S/C16H10Br8O/c17-13(18,11-7-3-1-4-8-11)15(21,22)25-16(23,24)14(19,20)12-9-5-2-6-10-12/h1-10H. The summed E-state index contributed by atoms with van der Waals surface area (Å²) in [5.41, 5.74) is 1.93. The molecular weight excluding hydrogens is 847 g/mol. The number of alkyl halides is 8. The maximum absolute atomic E-state index is 6.34. The molecule has 0 spiro atoms. The first-order valence-corrected chi connectivity index (χ1v) is 13.1. The number of ether oxygens (including phenoxy) is 1. The summed E-state index contributed by atoms with van der Waals surface area (Å²) in [7, 11) is 0. The molecule has 0 N–H and O–H groups in total. The van der Waals surface area contributed by atoms with Crippen molar-refractivity contribution in [2.45, 2.75) is 13.3 Å². The minimum Gasteiger partial charge on any atom is -0.320 e. The van der Waals surface area contributed by atoms with Crippen LogP contribution in [0.25, 0.3) is 0 Å². The van der Waals surface area contributed by atoms with Gasteiger partial charge in [0.1, 0.15) is 0 Å². The average Bonchev–Trinajstić information content (AvgIpc) is 2.55. The Hall–Kier alpha value is 2.24. The van der Waals surface area contributed by atoms with Gasteiger partial charge in [-0.3, -0.25) is 0 Å². The second-order valence-electron chi connectivity index (χ2n) is 5.02. The van der Waals surface area contributed by atoms with Crippen LogP contribution in [0.1, 0.15) is 11.1 Å². The maximum atomic E-state index is 6.34. The Morgan fingerprint density at radius 3 is 1.04 bits per heavy atom. The Morgan fingerprint density at radius 1 is 0.480 bits per heavy atom. The number of hydrogen-bond acceptors (Lipinski definition) is 1. The second kappa shape index (κ2) is 8.94. The fraction of sp³-hybridized carbons (Fsp3) is 0.250. The number of benzene rings is 2. The van der Waals surface area contributed by atoms with Crippen LogP contribution in [0.5, 0.6) is 0 Å². The highest BCUT2D eigenvalue weighted by Gasteiger charge is 2.57. The molecule has 2 rings (SSSR count). The van der Waals surface area contributed by atoms with Crippen LogP contribution in [-0.4, -0.2) is 6.84 Å². The minimum atomic E-state index is -1.02. The monoisotopic (exact) mass is 849 g/mol. The van der Waals surface area contributed by atoms with Gasteiger partial charge >= 0.3 is 0 Å². The Labute approximate surface area is 214 Å². The summed E-state index contributed by atoms with van der Waals surface area (Å²) in [6, 6.07) is 19.7. The maximum Gasteiger partial charge on any atom is 0.209 e. The van der Waals surface area contributed by atoms with E-state index in [9.17, 15) is 0 Å². The van der Waals surface area contributed by atoms with Crippen LogP contribution in [-0.2, 0) is 11.2 Å². The molecule has 2 aromatic carbocycles. The summed E-state index contributed by atoms with van der Waals surface area (Å²) in [5, 5.41) is 0. The molecule has 9 heteroatoms. The zero-order valence-electron chi connectivity index (χ0n) is 12.2. The molecule has 0 aliphatic heterocycles. The van der Waals surface area contributed by atoms with Crippen LogP contribution in [0.4, 0.5) is 0 Å². The van der Waals surface area contributed by atoms with Gasteiger partial charge in [0, 0.05) is 0 Å². The number of halogens is 8. The minimum absolute atomic E-state index is 0.756. The van der Waals surface area contributed by atoms with Crippen LogP contribution >= 0.6 is 127 Å². The molecule has 0 amide bonds. The molecule has 25 heavy (non-hydrogen) atoms. The Bertz CT molecular complexity index is 639. The van der Waals surface area contributed by atoms with Gasteiger partial charge in [-0.2, -0.15) is 0 Å². The largest absolute Gasteiger partial charge is 0.320 e. The van der Waals surface area contributed by atoms with E-state index in [-0.39, 0.29) is 0 Å². The second-order valence-corrected chi connectivity index (χ2v) is 18.5. The molecule has 0 aromatic heterocycles. The quantitative estimate of drug-likeness (QED) is 0.264. The van der Waals surface area contributed by atoms with E-state index in [0.29, 0.717) is 0 Å². The van der Waals surface area contributed by atoms with Crippen molar-refractivity contribution < 1.29 is 4.74 Å². The zero-order chi connectivity index (χ0) is 18.9. The summed E-state index contributed by atoms with van der Waals surface area (Å²) in [6.45, 7) is 0. The van der Waals surface area contributed by atoms with Gasteiger partial charge in [-0.15, -0.1) is 0 Å². The van der Waals surface area contributed by atoms with Crippen LogP contribution < -0.4 is 0 Å². The normalized spacial score (nSPS) is 13.8. The van der Waals surface area contributed by atoms with E-state index in [4.69, 9.17) is 4.74 Å². The van der Waals surface area contributed by atoms with Crippen molar-refractivity contribution in [2.24, 2.45) is 0 Å². The lowest BCUT2D eigenvalue weighted by atomic mass is 10.1. The lowest BCUT2D eigenvalue weighted by molar-refractivity contribution is 0.0558. The summed E-state index contributed by atoms with van der Waals surface area (Å²) in [5.74, 6) is 0. The molecule has 1 nitrogen and oxygen atoms in total. The van der Waals surface area contributed by atoms with Crippen LogP contribution in [0.2, 0.25) is 0 Å². The van der Waals surface area contributed by atoms with Gasteiger partial charge in [0.15, 0.2) is 6.47 Å². The molecule has 0 bridgehead atoms. The van der Waals surface area contributed by atoms with E-state index >= 15 is 0 Å². The Morgan fingerprint density at radius 2 is 0.760 bits per heavy atom. The fourth-order valence-corrected chi connectivity index (χ4v) is 6.06. The average molecular weight is 857 g/mol. The third-order valence-corrected chi connectivity index (χ3v) is 14.6. The van der Waals surface area contributed by atoms with Gasteiger partial charge in [-0.1, -0.05) is 124 Å². The van der Waals surface area contributed by atoms with Crippen molar-refractivity contribution in [1.29, 1.82) is 0 Å². The topological polar surface area (TPSA) is 9.23 Å². The van der Waals surface area contributed by atoms with Crippen molar-refractivity contribution in [1.82, 2.24) is 0 Å². The molecule has 0 heterocycles. The molecule has 0 aliphatic carbocycles. The van der Waals surface area contributed by atoms with E-state index < -0.39 is 13.3 Å². The Balaban J connectivity index is 2.35. The van der Waals surface area contributed by atoms with Gasteiger partial charge in [-0.25, -0.2) is 0 Å². The Kier molecular flexibility index (Phi) is 8.41. The van der Waals surface area contributed by atoms with Gasteiger partial charge in [0.2, 0.25) is 6.84 Å². The van der Waals surface area contributed by atoms with Gasteiger partial charge < -0.3 is 4.74 Å². The lowest BCUT2D eigenvalue weighted by Crippen LogP contribution is -2.45. The highest BCUT2D eigenvalue weighted by molar-refractivity contribution is 9.30. The molecule has 0 atom stereocenters. The van der Waals surface area contributed by atoms with Crippen molar-refractivity contribution in [3.8, 4) is 0 Å². The summed E-state index contributed by atoms with van der Waals surface area (Å²) >= 11 is 29.4. The lowest BCUT2D eigenvalue weighted by Gasteiger charge is -2.43. The van der Waals surface area contributed by atoms with E-state index in [2.05, 4.69) is 127 Å². The molecule has 2 aromatic rings. The number of rotatable bonds is 6. The molecule has 0 radical (unpaired) electrons. The van der Waals surface area contributed by atoms with Gasteiger partial charge in [0.25, 0.3) is 0 Å². The first-order valence-electron chi connectivity index (χ1n) is 6.74. The summed E-state index contributed by atoms with van der Waals surface area (Å²) < 4.78 is 2.78. The van der Waals surface area contributed by atoms with E-state index in [1.165, 1.54) is 0 Å². The highest BCUT2D eigenvalue weighted by Crippen LogP contribution is 2.63. The van der Waals surface area contributed by atoms with E-state index in [0.717, 1.165) is 11.1 Å². The SMILES string of the molecule is BrC(Br)(OC(Br)(Br)C(Br)(Br)c1ccccc1)C(Br)(Br)c1ccccc1. The summed E-state index contributed by atoms with van der Waals surface area (Å²) in [6.07, 6.45) is 0. The van der Waals surface area contributed by atoms with Crippen molar-refractivity contribution in [3.05, 3.63) is 71.8 Å². The van der Waals surface area contributed by atoms with Crippen molar-refractivity contribution in [2.75, 3.05) is 0 Å². The van der Waals surface area contributed by atoms with Crippen LogP contribution in [0.3, 0.4) is 0 Å². The molecule has 0 saturated heterocycles. The molecule has 0 unspecified atom stereocenters. The molecular formula is C16H10Br8O. The summed E-state index contributed by atoms with van der Waals surface area (Å²) in [4.78, 5) is 0. The third-order valence-electron chi connectivity index (χ3n) is 3.26. The first-order chi connectivity index (χ1) is 11.4. The highest BCUT2D eigenvalue weighted by atomic mass is 79.9. The van der Waals surface area contributed by atoms with Crippen molar-refractivity contribution in [3.63, 3.8) is 0 Å². The predicted octanol–water partition coefficient (Wildman–Crippen LogP) is 9.18. The van der Waals surface area contributed by atoms with E-state index in [1.807, 2.05) is 60.7 Å². The third kappa shape index (κ3) is 5.24. The number of hydrogen-bond donors (Lipinski definition) is 0. The molecule has 0 aliphatic rings. The van der Waals surface area contributed by atoms with Crippen LogP contribution in [0, 0.1) is 0 Å². The predicted molar refractivity (Wildman–Crippen MR) is 134 cm³/mol. The van der Waals surface area contributed by atoms with Crippen molar-refractivity contribution >= 4 is 127 Å². The first kappa shape index (κ1) is 23.5. The smallest absolute Gasteiger partial charge is 0.209 e. The molecule has 0 fully saturated rings. The van der Waals surface area contributed by atoms with Gasteiger partial charge in [0.05, 0.1) is 0 Å². The fourth-order valence-electron chi connectivity index (χ4n) is 1.92. The van der Waals surface area contributed by atoms with E-state index in [1.54, 1.807) is 0 Å².